The van der Waals surface area contributed by atoms with E-state index in [1.807, 2.05) is 59.8 Å². The molecular weight excluding hydrogens is 336 g/mol. The third kappa shape index (κ3) is 4.66. The number of para-hydroxylation sites is 1. The van der Waals surface area contributed by atoms with Crippen LogP contribution in [0.4, 0.5) is 0 Å². The fourth-order valence-corrected chi connectivity index (χ4v) is 3.64. The highest BCUT2D eigenvalue weighted by molar-refractivity contribution is 5.92. The van der Waals surface area contributed by atoms with E-state index in [0.717, 1.165) is 55.4 Å². The van der Waals surface area contributed by atoms with Crippen LogP contribution in [0.15, 0.2) is 36.4 Å². The maximum Gasteiger partial charge on any atom is 0.246 e. The van der Waals surface area contributed by atoms with Gasteiger partial charge in [0.1, 0.15) is 0 Å². The van der Waals surface area contributed by atoms with Gasteiger partial charge in [-0.05, 0) is 38.0 Å². The Hall–Kier alpha value is -2.40. The average Bonchev–Trinajstić information content (AvgIpc) is 2.94. The van der Waals surface area contributed by atoms with E-state index in [4.69, 9.17) is 0 Å². The Balaban J connectivity index is 1.66. The minimum Gasteiger partial charge on any atom is -0.337 e. The lowest BCUT2D eigenvalue weighted by atomic mass is 10.1. The molecule has 0 radical (unpaired) electrons. The smallest absolute Gasteiger partial charge is 0.246 e. The number of nitrogens with zero attached hydrogens (tertiary/aromatic N) is 4. The lowest BCUT2D eigenvalue weighted by molar-refractivity contribution is -0.127. The molecule has 2 heterocycles. The normalized spacial score (nSPS) is 15.8. The average molecular weight is 367 g/mol. The minimum atomic E-state index is 0.0884. The highest BCUT2D eigenvalue weighted by Gasteiger charge is 2.20. The summed E-state index contributed by atoms with van der Waals surface area (Å²) in [6, 6.07) is 10.1. The van der Waals surface area contributed by atoms with Crippen molar-refractivity contribution in [2.24, 2.45) is 5.92 Å². The number of rotatable bonds is 5. The summed E-state index contributed by atoms with van der Waals surface area (Å²) >= 11 is 0. The van der Waals surface area contributed by atoms with Crippen molar-refractivity contribution in [2.45, 2.75) is 27.7 Å². The molecule has 0 saturated carbocycles. The SMILES string of the molecule is Cc1nn(-c2ccccc2)c(C)c1/C=C/C(=O)N1CCN(CC(C)C)CC1. The van der Waals surface area contributed by atoms with Crippen LogP contribution in [0.5, 0.6) is 0 Å². The molecular formula is C22H30N4O. The first kappa shape index (κ1) is 19.4. The van der Waals surface area contributed by atoms with Gasteiger partial charge in [-0.3, -0.25) is 9.69 Å². The number of amides is 1. The zero-order chi connectivity index (χ0) is 19.4. The molecule has 5 heteroatoms. The molecule has 1 aliphatic heterocycles. The van der Waals surface area contributed by atoms with Gasteiger partial charge in [-0.2, -0.15) is 5.10 Å². The van der Waals surface area contributed by atoms with E-state index in [1.165, 1.54) is 0 Å². The molecule has 1 saturated heterocycles. The molecule has 1 aromatic heterocycles. The minimum absolute atomic E-state index is 0.0884. The zero-order valence-electron chi connectivity index (χ0n) is 16.9. The summed E-state index contributed by atoms with van der Waals surface area (Å²) in [5.41, 5.74) is 4.03. The van der Waals surface area contributed by atoms with Crippen molar-refractivity contribution >= 4 is 12.0 Å². The molecule has 27 heavy (non-hydrogen) atoms. The van der Waals surface area contributed by atoms with E-state index >= 15 is 0 Å². The molecule has 0 aliphatic carbocycles. The molecule has 0 unspecified atom stereocenters. The summed E-state index contributed by atoms with van der Waals surface area (Å²) in [7, 11) is 0. The van der Waals surface area contributed by atoms with Crippen molar-refractivity contribution in [1.82, 2.24) is 19.6 Å². The summed E-state index contributed by atoms with van der Waals surface area (Å²) in [6.07, 6.45) is 3.62. The topological polar surface area (TPSA) is 41.4 Å². The number of hydrogen-bond acceptors (Lipinski definition) is 3. The van der Waals surface area contributed by atoms with Crippen LogP contribution in [0.3, 0.4) is 0 Å². The molecule has 0 N–H and O–H groups in total. The third-order valence-electron chi connectivity index (χ3n) is 5.05. The second kappa shape index (κ2) is 8.53. The molecule has 3 rings (SSSR count). The molecule has 0 bridgehead atoms. The van der Waals surface area contributed by atoms with E-state index in [0.29, 0.717) is 5.92 Å². The van der Waals surface area contributed by atoms with Gasteiger partial charge in [0, 0.05) is 50.1 Å². The first-order valence-electron chi connectivity index (χ1n) is 9.76. The van der Waals surface area contributed by atoms with Crippen LogP contribution in [0.25, 0.3) is 11.8 Å². The van der Waals surface area contributed by atoms with Crippen molar-refractivity contribution in [3.05, 3.63) is 53.4 Å². The molecule has 2 aromatic rings. The largest absolute Gasteiger partial charge is 0.337 e. The first-order valence-corrected chi connectivity index (χ1v) is 9.76. The Kier molecular flexibility index (Phi) is 6.11. The van der Waals surface area contributed by atoms with Gasteiger partial charge in [0.15, 0.2) is 0 Å². The molecule has 0 atom stereocenters. The van der Waals surface area contributed by atoms with Crippen molar-refractivity contribution < 1.29 is 4.79 Å². The van der Waals surface area contributed by atoms with Crippen molar-refractivity contribution in [3.63, 3.8) is 0 Å². The van der Waals surface area contributed by atoms with Crippen LogP contribution < -0.4 is 0 Å². The summed E-state index contributed by atoms with van der Waals surface area (Å²) < 4.78 is 1.93. The molecule has 0 spiro atoms. The summed E-state index contributed by atoms with van der Waals surface area (Å²) in [4.78, 5) is 17.0. The van der Waals surface area contributed by atoms with E-state index in [1.54, 1.807) is 6.08 Å². The lowest BCUT2D eigenvalue weighted by Gasteiger charge is -2.35. The van der Waals surface area contributed by atoms with Crippen molar-refractivity contribution in [2.75, 3.05) is 32.7 Å². The van der Waals surface area contributed by atoms with Gasteiger partial charge >= 0.3 is 0 Å². The number of carbonyl (C=O) groups excluding carboxylic acids is 1. The predicted molar refractivity (Wildman–Crippen MR) is 110 cm³/mol. The monoisotopic (exact) mass is 366 g/mol. The highest BCUT2D eigenvalue weighted by Crippen LogP contribution is 2.19. The van der Waals surface area contributed by atoms with Crippen molar-refractivity contribution in [1.29, 1.82) is 0 Å². The van der Waals surface area contributed by atoms with E-state index in [9.17, 15) is 4.79 Å². The Labute approximate surface area is 162 Å². The van der Waals surface area contributed by atoms with Crippen molar-refractivity contribution in [3.8, 4) is 5.69 Å². The Morgan fingerprint density at radius 3 is 2.41 bits per heavy atom. The molecule has 1 aliphatic rings. The van der Waals surface area contributed by atoms with Gasteiger partial charge in [-0.25, -0.2) is 4.68 Å². The molecule has 1 aromatic carbocycles. The summed E-state index contributed by atoms with van der Waals surface area (Å²) in [6.45, 7) is 13.1. The highest BCUT2D eigenvalue weighted by atomic mass is 16.2. The predicted octanol–water partition coefficient (Wildman–Crippen LogP) is 3.30. The third-order valence-corrected chi connectivity index (χ3v) is 5.05. The van der Waals surface area contributed by atoms with Gasteiger partial charge in [0.2, 0.25) is 5.91 Å². The lowest BCUT2D eigenvalue weighted by Crippen LogP contribution is -2.49. The fraction of sp³-hybridized carbons (Fsp3) is 0.455. The Bertz CT molecular complexity index is 799. The number of carbonyl (C=O) groups is 1. The van der Waals surface area contributed by atoms with Gasteiger partial charge in [-0.15, -0.1) is 0 Å². The van der Waals surface area contributed by atoms with Crippen LogP contribution in [0.1, 0.15) is 30.8 Å². The molecule has 1 fully saturated rings. The van der Waals surface area contributed by atoms with Crippen LogP contribution in [-0.2, 0) is 4.79 Å². The zero-order valence-corrected chi connectivity index (χ0v) is 16.9. The molecule has 5 nitrogen and oxygen atoms in total. The maximum atomic E-state index is 12.6. The quantitative estimate of drug-likeness (QED) is 0.763. The van der Waals surface area contributed by atoms with Gasteiger partial charge in [-0.1, -0.05) is 32.0 Å². The van der Waals surface area contributed by atoms with Gasteiger partial charge in [0.25, 0.3) is 0 Å². The van der Waals surface area contributed by atoms with E-state index < -0.39 is 0 Å². The molecule has 1 amide bonds. The fourth-order valence-electron chi connectivity index (χ4n) is 3.64. The number of aromatic nitrogens is 2. The Morgan fingerprint density at radius 2 is 1.78 bits per heavy atom. The summed E-state index contributed by atoms with van der Waals surface area (Å²) in [5.74, 6) is 0.754. The van der Waals surface area contributed by atoms with Crippen LogP contribution in [-0.4, -0.2) is 58.2 Å². The van der Waals surface area contributed by atoms with Crippen LogP contribution in [0, 0.1) is 19.8 Å². The van der Waals surface area contributed by atoms with E-state index in [2.05, 4.69) is 23.8 Å². The number of hydrogen-bond donors (Lipinski definition) is 0. The second-order valence-corrected chi connectivity index (χ2v) is 7.68. The number of aryl methyl sites for hydroxylation is 1. The number of benzene rings is 1. The standard InChI is InChI=1S/C22H30N4O/c1-17(2)16-24-12-14-25(15-13-24)22(27)11-10-21-18(3)23-26(19(21)4)20-8-6-5-7-9-20/h5-11,17H,12-16H2,1-4H3/b11-10+. The molecule has 144 valence electrons. The van der Waals surface area contributed by atoms with Gasteiger partial charge in [0.05, 0.1) is 11.4 Å². The van der Waals surface area contributed by atoms with E-state index in [-0.39, 0.29) is 5.91 Å². The first-order chi connectivity index (χ1) is 13.0. The summed E-state index contributed by atoms with van der Waals surface area (Å²) in [5, 5.41) is 4.64. The Morgan fingerprint density at radius 1 is 1.11 bits per heavy atom. The van der Waals surface area contributed by atoms with Crippen LogP contribution in [0.2, 0.25) is 0 Å². The second-order valence-electron chi connectivity index (χ2n) is 7.68. The number of piperazine rings is 1. The van der Waals surface area contributed by atoms with Gasteiger partial charge < -0.3 is 4.90 Å². The van der Waals surface area contributed by atoms with Crippen LogP contribution >= 0.6 is 0 Å². The maximum absolute atomic E-state index is 12.6.